The number of thiophene rings is 1. The Morgan fingerprint density at radius 1 is 1.18 bits per heavy atom. The van der Waals surface area contributed by atoms with Crippen molar-refractivity contribution in [3.63, 3.8) is 0 Å². The van der Waals surface area contributed by atoms with Gasteiger partial charge in [0.05, 0.1) is 11.4 Å². The van der Waals surface area contributed by atoms with Gasteiger partial charge in [-0.25, -0.2) is 9.18 Å². The van der Waals surface area contributed by atoms with Crippen LogP contribution in [0.1, 0.15) is 40.9 Å². The Morgan fingerprint density at radius 3 is 2.61 bits per heavy atom. The molecule has 0 atom stereocenters. The van der Waals surface area contributed by atoms with Gasteiger partial charge in [-0.1, -0.05) is 32.9 Å². The van der Waals surface area contributed by atoms with Crippen molar-refractivity contribution in [1.82, 2.24) is 5.32 Å². The largest absolute Gasteiger partial charge is 0.454 e. The van der Waals surface area contributed by atoms with E-state index in [2.05, 4.69) is 5.32 Å². The maximum absolute atomic E-state index is 13.1. The summed E-state index contributed by atoms with van der Waals surface area (Å²) in [5.41, 5.74) is 0.0341. The summed E-state index contributed by atoms with van der Waals surface area (Å²) in [7, 11) is 0. The first kappa shape index (κ1) is 21.5. The average molecular weight is 403 g/mol. The monoisotopic (exact) mass is 403 g/mol. The number of hydrogen-bond donors (Lipinski definition) is 1. The van der Waals surface area contributed by atoms with Gasteiger partial charge in [0.1, 0.15) is 5.82 Å². The first-order chi connectivity index (χ1) is 13.1. The molecule has 1 amide bonds. The highest BCUT2D eigenvalue weighted by molar-refractivity contribution is 7.14. The Bertz CT molecular complexity index is 896. The molecule has 0 aliphatic heterocycles. The Hall–Kier alpha value is -2.80. The predicted octanol–water partition coefficient (Wildman–Crippen LogP) is 3.99. The molecule has 0 radical (unpaired) electrons. The Morgan fingerprint density at radius 2 is 1.93 bits per heavy atom. The fourth-order valence-electron chi connectivity index (χ4n) is 2.09. The van der Waals surface area contributed by atoms with Crippen LogP contribution in [0.25, 0.3) is 6.08 Å². The fourth-order valence-corrected chi connectivity index (χ4v) is 2.96. The predicted molar refractivity (Wildman–Crippen MR) is 106 cm³/mol. The lowest BCUT2D eigenvalue weighted by Crippen LogP contribution is -2.34. The minimum Gasteiger partial charge on any atom is -0.454 e. The number of ether oxygens (including phenoxy) is 1. The lowest BCUT2D eigenvalue weighted by atomic mass is 9.96. The summed E-state index contributed by atoms with van der Waals surface area (Å²) in [4.78, 5) is 37.0. The zero-order valence-corrected chi connectivity index (χ0v) is 16.8. The fraction of sp³-hybridized carbons (Fsp3) is 0.286. The number of rotatable bonds is 7. The molecule has 28 heavy (non-hydrogen) atoms. The third kappa shape index (κ3) is 6.74. The van der Waals surface area contributed by atoms with Crippen LogP contribution in [0.3, 0.4) is 0 Å². The second-order valence-corrected chi connectivity index (χ2v) is 8.29. The van der Waals surface area contributed by atoms with E-state index in [9.17, 15) is 18.8 Å². The van der Waals surface area contributed by atoms with E-state index in [1.165, 1.54) is 35.6 Å². The maximum Gasteiger partial charge on any atom is 0.331 e. The number of halogens is 1. The van der Waals surface area contributed by atoms with Gasteiger partial charge in [-0.3, -0.25) is 9.59 Å². The summed E-state index contributed by atoms with van der Waals surface area (Å²) in [6.07, 6.45) is 2.56. The molecule has 0 bridgehead atoms. The number of amides is 1. The van der Waals surface area contributed by atoms with Crippen LogP contribution in [-0.4, -0.2) is 24.3 Å². The molecule has 0 spiro atoms. The standard InChI is InChI=1S/C21H22FNO4S/c1-21(2,3)20(26)23-12-16-8-9-18(28-16)17(24)13-27-19(25)10-7-14-5-4-6-15(22)11-14/h4-11H,12-13H2,1-3H3,(H,23,26)/b10-7+. The molecule has 1 aromatic heterocycles. The summed E-state index contributed by atoms with van der Waals surface area (Å²) in [5.74, 6) is -1.50. The van der Waals surface area contributed by atoms with Crippen molar-refractivity contribution in [2.45, 2.75) is 27.3 Å². The molecule has 1 aromatic carbocycles. The van der Waals surface area contributed by atoms with Crippen LogP contribution in [0.15, 0.2) is 42.5 Å². The van der Waals surface area contributed by atoms with Crippen molar-refractivity contribution in [3.05, 3.63) is 63.6 Å². The lowest BCUT2D eigenvalue weighted by molar-refractivity contribution is -0.136. The molecule has 0 saturated carbocycles. The van der Waals surface area contributed by atoms with Crippen molar-refractivity contribution in [2.24, 2.45) is 5.41 Å². The molecule has 2 rings (SSSR count). The van der Waals surface area contributed by atoms with Gasteiger partial charge in [0.15, 0.2) is 6.61 Å². The normalized spacial score (nSPS) is 11.4. The van der Waals surface area contributed by atoms with Crippen LogP contribution in [0, 0.1) is 11.2 Å². The van der Waals surface area contributed by atoms with Crippen molar-refractivity contribution in [1.29, 1.82) is 0 Å². The highest BCUT2D eigenvalue weighted by Crippen LogP contribution is 2.18. The van der Waals surface area contributed by atoms with E-state index in [-0.39, 0.29) is 18.3 Å². The maximum atomic E-state index is 13.1. The SMILES string of the molecule is CC(C)(C)C(=O)NCc1ccc(C(=O)COC(=O)/C=C/c2cccc(F)c2)s1. The Labute approximate surface area is 167 Å². The van der Waals surface area contributed by atoms with Crippen LogP contribution in [-0.2, 0) is 20.9 Å². The van der Waals surface area contributed by atoms with E-state index in [4.69, 9.17) is 4.74 Å². The van der Waals surface area contributed by atoms with E-state index in [1.807, 2.05) is 20.8 Å². The van der Waals surface area contributed by atoms with Crippen LogP contribution in [0.5, 0.6) is 0 Å². The molecule has 0 fully saturated rings. The molecule has 7 heteroatoms. The van der Waals surface area contributed by atoms with Gasteiger partial charge in [0.25, 0.3) is 0 Å². The summed E-state index contributed by atoms with van der Waals surface area (Å²) in [5, 5.41) is 2.82. The topological polar surface area (TPSA) is 72.5 Å². The average Bonchev–Trinajstić information content (AvgIpc) is 3.10. The second-order valence-electron chi connectivity index (χ2n) is 7.12. The zero-order chi connectivity index (χ0) is 20.7. The molecule has 0 aliphatic rings. The molecule has 2 aromatic rings. The smallest absolute Gasteiger partial charge is 0.331 e. The van der Waals surface area contributed by atoms with Crippen LogP contribution in [0.2, 0.25) is 0 Å². The number of Topliss-reactive ketones (excluding diaryl/α,β-unsaturated/α-hetero) is 1. The summed E-state index contributed by atoms with van der Waals surface area (Å²) in [6, 6.07) is 9.15. The molecule has 1 heterocycles. The minimum absolute atomic E-state index is 0.0761. The van der Waals surface area contributed by atoms with Gasteiger partial charge in [0, 0.05) is 16.4 Å². The molecular weight excluding hydrogens is 381 g/mol. The number of nitrogens with one attached hydrogen (secondary N) is 1. The second kappa shape index (κ2) is 9.41. The number of carbonyl (C=O) groups excluding carboxylic acids is 3. The van der Waals surface area contributed by atoms with Gasteiger partial charge in [0.2, 0.25) is 11.7 Å². The molecule has 148 valence electrons. The highest BCUT2D eigenvalue weighted by Gasteiger charge is 2.21. The quantitative estimate of drug-likeness (QED) is 0.431. The van der Waals surface area contributed by atoms with Crippen LogP contribution >= 0.6 is 11.3 Å². The van der Waals surface area contributed by atoms with Crippen molar-refractivity contribution < 1.29 is 23.5 Å². The van der Waals surface area contributed by atoms with Crippen molar-refractivity contribution in [3.8, 4) is 0 Å². The van der Waals surface area contributed by atoms with Gasteiger partial charge in [-0.15, -0.1) is 11.3 Å². The van der Waals surface area contributed by atoms with E-state index in [0.717, 1.165) is 11.0 Å². The number of hydrogen-bond acceptors (Lipinski definition) is 5. The lowest BCUT2D eigenvalue weighted by Gasteiger charge is -2.17. The van der Waals surface area contributed by atoms with Gasteiger partial charge in [-0.05, 0) is 35.9 Å². The number of esters is 1. The molecule has 0 unspecified atom stereocenters. The van der Waals surface area contributed by atoms with Crippen molar-refractivity contribution in [2.75, 3.05) is 6.61 Å². The van der Waals surface area contributed by atoms with Crippen molar-refractivity contribution >= 4 is 35.1 Å². The van der Waals surface area contributed by atoms with E-state index in [0.29, 0.717) is 17.0 Å². The van der Waals surface area contributed by atoms with E-state index >= 15 is 0 Å². The Kier molecular flexibility index (Phi) is 7.23. The number of carbonyl (C=O) groups is 3. The summed E-state index contributed by atoms with van der Waals surface area (Å²) >= 11 is 1.24. The third-order valence-electron chi connectivity index (χ3n) is 3.65. The minimum atomic E-state index is -0.688. The van der Waals surface area contributed by atoms with Gasteiger partial charge in [-0.2, -0.15) is 0 Å². The van der Waals surface area contributed by atoms with Crippen LogP contribution in [0.4, 0.5) is 4.39 Å². The molecule has 1 N–H and O–H groups in total. The van der Waals surface area contributed by atoms with E-state index in [1.54, 1.807) is 18.2 Å². The number of ketones is 1. The summed E-state index contributed by atoms with van der Waals surface area (Å²) < 4.78 is 18.0. The summed E-state index contributed by atoms with van der Waals surface area (Å²) in [6.45, 7) is 5.42. The first-order valence-electron chi connectivity index (χ1n) is 8.66. The Balaban J connectivity index is 1.82. The first-order valence-corrected chi connectivity index (χ1v) is 9.47. The molecule has 0 saturated heterocycles. The van der Waals surface area contributed by atoms with Crippen LogP contribution < -0.4 is 5.32 Å². The number of benzene rings is 1. The molecule has 0 aliphatic carbocycles. The van der Waals surface area contributed by atoms with E-state index < -0.39 is 17.2 Å². The third-order valence-corrected chi connectivity index (χ3v) is 4.77. The molecule has 5 nitrogen and oxygen atoms in total. The molecular formula is C21H22FNO4S. The zero-order valence-electron chi connectivity index (χ0n) is 16.0. The van der Waals surface area contributed by atoms with Gasteiger partial charge < -0.3 is 10.1 Å². The highest BCUT2D eigenvalue weighted by atomic mass is 32.1. The van der Waals surface area contributed by atoms with Gasteiger partial charge >= 0.3 is 5.97 Å².